The van der Waals surface area contributed by atoms with Crippen LogP contribution in [0.5, 0.6) is 0 Å². The van der Waals surface area contributed by atoms with Crippen molar-refractivity contribution in [3.05, 3.63) is 29.6 Å². The molecule has 1 aromatic carbocycles. The third-order valence-electron chi connectivity index (χ3n) is 2.47. The second kappa shape index (κ2) is 3.18. The molecule has 0 fully saturated rings. The lowest BCUT2D eigenvalue weighted by Gasteiger charge is -2.30. The molecule has 1 N–H and O–H groups in total. The molecule has 0 saturated carbocycles. The molecular formula is C9H10FNO3S. The van der Waals surface area contributed by atoms with Gasteiger partial charge >= 0.3 is 0 Å². The van der Waals surface area contributed by atoms with E-state index in [0.29, 0.717) is 11.3 Å². The first-order valence-corrected chi connectivity index (χ1v) is 5.97. The van der Waals surface area contributed by atoms with Crippen LogP contribution in [0.4, 0.5) is 10.1 Å². The monoisotopic (exact) mass is 231 g/mol. The molecule has 0 spiro atoms. The van der Waals surface area contributed by atoms with Crippen molar-refractivity contribution in [2.24, 2.45) is 0 Å². The number of anilines is 1. The maximum atomic E-state index is 12.9. The molecule has 2 rings (SSSR count). The molecule has 1 atom stereocenters. The topological polar surface area (TPSA) is 57.6 Å². The molecule has 6 heteroatoms. The molecule has 0 radical (unpaired) electrons. The lowest BCUT2D eigenvalue weighted by atomic mass is 10.1. The molecule has 0 unspecified atom stereocenters. The van der Waals surface area contributed by atoms with Gasteiger partial charge in [-0.25, -0.2) is 12.8 Å². The van der Waals surface area contributed by atoms with E-state index in [1.54, 1.807) is 0 Å². The lowest BCUT2D eigenvalue weighted by Crippen LogP contribution is -2.36. The van der Waals surface area contributed by atoms with Gasteiger partial charge < -0.3 is 5.11 Å². The number of halogens is 1. The minimum Gasteiger partial charge on any atom is -0.387 e. The Hall–Kier alpha value is -1.14. The summed E-state index contributed by atoms with van der Waals surface area (Å²) in [6, 6.07) is 3.68. The first-order valence-electron chi connectivity index (χ1n) is 4.36. The van der Waals surface area contributed by atoms with Gasteiger partial charge in [0.25, 0.3) is 0 Å². The quantitative estimate of drug-likeness (QED) is 0.712. The third-order valence-corrected chi connectivity index (χ3v) is 4.24. The van der Waals surface area contributed by atoms with Gasteiger partial charge in [-0.2, -0.15) is 0 Å². The first-order chi connectivity index (χ1) is 6.92. The zero-order valence-corrected chi connectivity index (χ0v) is 8.83. The van der Waals surface area contributed by atoms with Crippen LogP contribution < -0.4 is 4.31 Å². The molecule has 1 aliphatic rings. The predicted molar refractivity (Wildman–Crippen MR) is 53.5 cm³/mol. The molecule has 0 aromatic heterocycles. The van der Waals surface area contributed by atoms with Crippen LogP contribution in [0.1, 0.15) is 11.7 Å². The Bertz CT molecular complexity index is 500. The van der Waals surface area contributed by atoms with Crippen LogP contribution in [0, 0.1) is 5.82 Å². The summed E-state index contributed by atoms with van der Waals surface area (Å²) in [4.78, 5) is 0. The number of hydrogen-bond acceptors (Lipinski definition) is 3. The molecule has 4 nitrogen and oxygen atoms in total. The van der Waals surface area contributed by atoms with Gasteiger partial charge in [0.05, 0.1) is 17.5 Å². The van der Waals surface area contributed by atoms with Crippen LogP contribution in [0.25, 0.3) is 0 Å². The van der Waals surface area contributed by atoms with E-state index in [4.69, 9.17) is 0 Å². The van der Waals surface area contributed by atoms with Crippen molar-refractivity contribution in [2.75, 3.05) is 17.1 Å². The molecule has 0 saturated heterocycles. The van der Waals surface area contributed by atoms with E-state index in [2.05, 4.69) is 0 Å². The summed E-state index contributed by atoms with van der Waals surface area (Å²) in [6.45, 7) is 0. The molecule has 0 amide bonds. The highest BCUT2D eigenvalue weighted by Crippen LogP contribution is 2.34. The summed E-state index contributed by atoms with van der Waals surface area (Å²) in [5.74, 6) is -0.888. The lowest BCUT2D eigenvalue weighted by molar-refractivity contribution is 0.200. The Balaban J connectivity index is 2.64. The summed E-state index contributed by atoms with van der Waals surface area (Å²) >= 11 is 0. The maximum absolute atomic E-state index is 12.9. The van der Waals surface area contributed by atoms with E-state index in [-0.39, 0.29) is 0 Å². The summed E-state index contributed by atoms with van der Waals surface area (Å²) in [5, 5.41) is 9.57. The molecule has 82 valence electrons. The number of aliphatic hydroxyl groups is 1. The van der Waals surface area contributed by atoms with Crippen LogP contribution in [-0.2, 0) is 10.0 Å². The number of benzene rings is 1. The smallest absolute Gasteiger partial charge is 0.237 e. The maximum Gasteiger partial charge on any atom is 0.237 e. The molecule has 0 bridgehead atoms. The van der Waals surface area contributed by atoms with Crippen molar-refractivity contribution in [1.29, 1.82) is 0 Å². The standard InChI is InChI=1S/C9H10FNO3S/c1-11-8-3-2-6(10)4-7(8)9(12)5-15(11,13)14/h2-4,9,12H,5H2,1H3/t9-/m1/s1. The fourth-order valence-corrected chi connectivity index (χ4v) is 2.90. The highest BCUT2D eigenvalue weighted by Gasteiger charge is 2.32. The molecule has 0 aliphatic carbocycles. The van der Waals surface area contributed by atoms with E-state index in [0.717, 1.165) is 10.4 Å². The second-order valence-electron chi connectivity index (χ2n) is 3.46. The van der Waals surface area contributed by atoms with Crippen molar-refractivity contribution in [3.8, 4) is 0 Å². The van der Waals surface area contributed by atoms with Gasteiger partial charge in [-0.05, 0) is 18.2 Å². The van der Waals surface area contributed by atoms with E-state index >= 15 is 0 Å². The number of nitrogens with zero attached hydrogens (tertiary/aromatic N) is 1. The van der Waals surface area contributed by atoms with Crippen molar-refractivity contribution < 1.29 is 17.9 Å². The molecule has 1 aliphatic heterocycles. The van der Waals surface area contributed by atoms with Gasteiger partial charge in [-0.1, -0.05) is 0 Å². The van der Waals surface area contributed by atoms with Crippen LogP contribution in [-0.4, -0.2) is 26.3 Å². The highest BCUT2D eigenvalue weighted by atomic mass is 32.2. The number of sulfonamides is 1. The zero-order valence-electron chi connectivity index (χ0n) is 8.01. The minimum absolute atomic E-state index is 0.312. The molecule has 1 aromatic rings. The fourth-order valence-electron chi connectivity index (χ4n) is 1.63. The van der Waals surface area contributed by atoms with E-state index < -0.39 is 27.7 Å². The summed E-state index contributed by atoms with van der Waals surface area (Å²) in [5.41, 5.74) is 0.641. The molecular weight excluding hydrogens is 221 g/mol. The number of aliphatic hydroxyl groups excluding tert-OH is 1. The van der Waals surface area contributed by atoms with E-state index in [1.807, 2.05) is 0 Å². The Morgan fingerprint density at radius 1 is 1.53 bits per heavy atom. The Kier molecular flexibility index (Phi) is 2.20. The van der Waals surface area contributed by atoms with Crippen LogP contribution in [0.2, 0.25) is 0 Å². The third kappa shape index (κ3) is 1.59. The minimum atomic E-state index is -3.48. The average Bonchev–Trinajstić information content (AvgIpc) is 2.14. The van der Waals surface area contributed by atoms with Crippen molar-refractivity contribution in [3.63, 3.8) is 0 Å². The zero-order chi connectivity index (χ0) is 11.2. The SMILES string of the molecule is CN1c2ccc(F)cc2[C@H](O)CS1(=O)=O. The van der Waals surface area contributed by atoms with Gasteiger partial charge in [0, 0.05) is 12.6 Å². The Labute approximate surface area is 87.0 Å². The average molecular weight is 231 g/mol. The van der Waals surface area contributed by atoms with E-state index in [1.165, 1.54) is 19.2 Å². The predicted octanol–water partition coefficient (Wildman–Crippen LogP) is 0.639. The van der Waals surface area contributed by atoms with Crippen molar-refractivity contribution in [2.45, 2.75) is 6.10 Å². The van der Waals surface area contributed by atoms with Crippen molar-refractivity contribution in [1.82, 2.24) is 0 Å². The van der Waals surface area contributed by atoms with Gasteiger partial charge in [0.2, 0.25) is 10.0 Å². The van der Waals surface area contributed by atoms with Crippen molar-refractivity contribution >= 4 is 15.7 Å². The van der Waals surface area contributed by atoms with Crippen LogP contribution in [0.15, 0.2) is 18.2 Å². The van der Waals surface area contributed by atoms with Gasteiger partial charge in [-0.3, -0.25) is 4.31 Å². The fraction of sp³-hybridized carbons (Fsp3) is 0.333. The first kappa shape index (κ1) is 10.4. The van der Waals surface area contributed by atoms with E-state index in [9.17, 15) is 17.9 Å². The second-order valence-corrected chi connectivity index (χ2v) is 5.51. The molecule has 1 heterocycles. The highest BCUT2D eigenvalue weighted by molar-refractivity contribution is 7.92. The van der Waals surface area contributed by atoms with Crippen LogP contribution >= 0.6 is 0 Å². The van der Waals surface area contributed by atoms with Gasteiger partial charge in [0.1, 0.15) is 5.82 Å². The number of hydrogen-bond donors (Lipinski definition) is 1. The summed E-state index contributed by atoms with van der Waals surface area (Å²) < 4.78 is 37.0. The largest absolute Gasteiger partial charge is 0.387 e. The Morgan fingerprint density at radius 2 is 2.20 bits per heavy atom. The van der Waals surface area contributed by atoms with Gasteiger partial charge in [0.15, 0.2) is 0 Å². The van der Waals surface area contributed by atoms with Crippen LogP contribution in [0.3, 0.4) is 0 Å². The molecule has 15 heavy (non-hydrogen) atoms. The number of fused-ring (bicyclic) bond motifs is 1. The van der Waals surface area contributed by atoms with Gasteiger partial charge in [-0.15, -0.1) is 0 Å². The Morgan fingerprint density at radius 3 is 2.87 bits per heavy atom. The normalized spacial score (nSPS) is 23.7. The summed E-state index contributed by atoms with van der Waals surface area (Å²) in [6.07, 6.45) is -1.16. The number of rotatable bonds is 0. The summed E-state index contributed by atoms with van der Waals surface area (Å²) in [7, 11) is -2.09.